The van der Waals surface area contributed by atoms with Crippen molar-refractivity contribution in [2.75, 3.05) is 19.3 Å². The summed E-state index contributed by atoms with van der Waals surface area (Å²) < 4.78 is 1.96. The lowest BCUT2D eigenvalue weighted by atomic mass is 9.98. The third kappa shape index (κ3) is 3.40. The zero-order chi connectivity index (χ0) is 17.1. The molecule has 1 amide bonds. The largest absolute Gasteiger partial charge is 0.481 e. The van der Waals surface area contributed by atoms with Crippen molar-refractivity contribution < 1.29 is 14.7 Å². The number of hydrogen-bond donors (Lipinski definition) is 1. The predicted octanol–water partition coefficient (Wildman–Crippen LogP) is 2.22. The summed E-state index contributed by atoms with van der Waals surface area (Å²) >= 11 is 1.67. The summed E-state index contributed by atoms with van der Waals surface area (Å²) in [6.45, 7) is 1.15. The van der Waals surface area contributed by atoms with Crippen LogP contribution in [-0.4, -0.2) is 50.8 Å². The van der Waals surface area contributed by atoms with Gasteiger partial charge in [-0.05, 0) is 31.2 Å². The Labute approximate surface area is 144 Å². The number of piperidine rings is 1. The number of carbonyl (C=O) groups is 2. The van der Waals surface area contributed by atoms with Crippen LogP contribution in [0.5, 0.6) is 0 Å². The number of rotatable bonds is 5. The second-order valence-corrected chi connectivity index (χ2v) is 6.92. The van der Waals surface area contributed by atoms with E-state index in [1.54, 1.807) is 16.7 Å². The van der Waals surface area contributed by atoms with E-state index in [0.717, 1.165) is 29.0 Å². The lowest BCUT2D eigenvalue weighted by Gasteiger charge is -2.31. The van der Waals surface area contributed by atoms with Crippen LogP contribution in [0.25, 0.3) is 11.0 Å². The maximum Gasteiger partial charge on any atom is 0.308 e. The van der Waals surface area contributed by atoms with Gasteiger partial charge in [0.15, 0.2) is 0 Å². The van der Waals surface area contributed by atoms with Gasteiger partial charge in [-0.15, -0.1) is 0 Å². The summed E-state index contributed by atoms with van der Waals surface area (Å²) in [6.07, 6.45) is 3.39. The molecule has 1 aliphatic rings. The van der Waals surface area contributed by atoms with Crippen molar-refractivity contribution in [2.24, 2.45) is 5.92 Å². The van der Waals surface area contributed by atoms with Crippen LogP contribution in [-0.2, 0) is 21.9 Å². The molecule has 6 nitrogen and oxygen atoms in total. The Hall–Kier alpha value is -2.02. The fourth-order valence-electron chi connectivity index (χ4n) is 3.18. The number of likely N-dealkylation sites (tertiary alicyclic amines) is 1. The quantitative estimate of drug-likeness (QED) is 0.898. The number of carbonyl (C=O) groups excluding carboxylic acids is 1. The Bertz CT molecular complexity index is 759. The van der Waals surface area contributed by atoms with Crippen LogP contribution in [0.1, 0.15) is 18.7 Å². The summed E-state index contributed by atoms with van der Waals surface area (Å²) in [7, 11) is 0. The van der Waals surface area contributed by atoms with Gasteiger partial charge in [0.1, 0.15) is 12.4 Å². The molecule has 1 aromatic carbocycles. The molecule has 0 aliphatic carbocycles. The van der Waals surface area contributed by atoms with Crippen molar-refractivity contribution in [3.63, 3.8) is 0 Å². The van der Waals surface area contributed by atoms with Crippen LogP contribution in [0.3, 0.4) is 0 Å². The highest BCUT2D eigenvalue weighted by molar-refractivity contribution is 7.97. The first kappa shape index (κ1) is 16.8. The second kappa shape index (κ2) is 7.25. The first-order valence-electron chi connectivity index (χ1n) is 8.04. The number of thioether (sulfide) groups is 1. The Balaban J connectivity index is 1.82. The van der Waals surface area contributed by atoms with Gasteiger partial charge >= 0.3 is 5.97 Å². The number of imidazole rings is 1. The topological polar surface area (TPSA) is 75.4 Å². The van der Waals surface area contributed by atoms with Crippen molar-refractivity contribution in [1.82, 2.24) is 14.5 Å². The molecule has 1 atom stereocenters. The van der Waals surface area contributed by atoms with Gasteiger partial charge in [0.05, 0.1) is 22.7 Å². The van der Waals surface area contributed by atoms with Gasteiger partial charge in [-0.25, -0.2) is 4.98 Å². The molecule has 1 aromatic heterocycles. The van der Waals surface area contributed by atoms with Crippen molar-refractivity contribution >= 4 is 34.7 Å². The van der Waals surface area contributed by atoms with Gasteiger partial charge in [0.2, 0.25) is 5.91 Å². The van der Waals surface area contributed by atoms with E-state index < -0.39 is 11.9 Å². The molecule has 2 aromatic rings. The molecule has 3 rings (SSSR count). The second-order valence-electron chi connectivity index (χ2n) is 6.05. The Morgan fingerprint density at radius 3 is 2.92 bits per heavy atom. The highest BCUT2D eigenvalue weighted by atomic mass is 32.2. The van der Waals surface area contributed by atoms with E-state index >= 15 is 0 Å². The molecule has 0 unspecified atom stereocenters. The van der Waals surface area contributed by atoms with Crippen LogP contribution < -0.4 is 0 Å². The first-order valence-corrected chi connectivity index (χ1v) is 9.43. The van der Waals surface area contributed by atoms with E-state index in [-0.39, 0.29) is 12.5 Å². The number of carboxylic acid groups (broad SMARTS) is 1. The van der Waals surface area contributed by atoms with Gasteiger partial charge in [-0.3, -0.25) is 9.59 Å². The average molecular weight is 347 g/mol. The summed E-state index contributed by atoms with van der Waals surface area (Å²) in [5.41, 5.74) is 1.83. The van der Waals surface area contributed by atoms with E-state index in [1.165, 1.54) is 0 Å². The highest BCUT2D eigenvalue weighted by Crippen LogP contribution is 2.21. The predicted molar refractivity (Wildman–Crippen MR) is 93.9 cm³/mol. The zero-order valence-electron chi connectivity index (χ0n) is 13.6. The minimum Gasteiger partial charge on any atom is -0.481 e. The number of aliphatic carboxylic acids is 1. The summed E-state index contributed by atoms with van der Waals surface area (Å²) in [5, 5.41) is 9.19. The molecule has 1 fully saturated rings. The third-order valence-corrected chi connectivity index (χ3v) is 4.97. The lowest BCUT2D eigenvalue weighted by Crippen LogP contribution is -2.43. The monoisotopic (exact) mass is 347 g/mol. The fraction of sp³-hybridized carbons (Fsp3) is 0.471. The van der Waals surface area contributed by atoms with Gasteiger partial charge in [0.25, 0.3) is 0 Å². The van der Waals surface area contributed by atoms with Crippen LogP contribution in [0, 0.1) is 5.92 Å². The van der Waals surface area contributed by atoms with Crippen LogP contribution in [0.15, 0.2) is 24.3 Å². The first-order chi connectivity index (χ1) is 11.6. The average Bonchev–Trinajstić information content (AvgIpc) is 2.93. The van der Waals surface area contributed by atoms with Crippen molar-refractivity contribution in [3.8, 4) is 0 Å². The lowest BCUT2D eigenvalue weighted by molar-refractivity contribution is -0.145. The van der Waals surface area contributed by atoms with Crippen LogP contribution >= 0.6 is 11.8 Å². The van der Waals surface area contributed by atoms with E-state index in [0.29, 0.717) is 19.5 Å². The number of carboxylic acids is 1. The molecule has 1 aliphatic heterocycles. The Kier molecular flexibility index (Phi) is 5.08. The molecule has 7 heteroatoms. The van der Waals surface area contributed by atoms with E-state index in [9.17, 15) is 14.7 Å². The number of hydrogen-bond acceptors (Lipinski definition) is 4. The van der Waals surface area contributed by atoms with Gasteiger partial charge < -0.3 is 14.6 Å². The van der Waals surface area contributed by atoms with Gasteiger partial charge in [0, 0.05) is 13.1 Å². The standard InChI is InChI=1S/C17H21N3O3S/c1-24-11-15-18-13-6-2-3-7-14(13)20(15)10-16(21)19-8-4-5-12(9-19)17(22)23/h2-3,6-7,12H,4-5,8-11H2,1H3,(H,22,23)/t12-/m0/s1. The van der Waals surface area contributed by atoms with Crippen LogP contribution in [0.2, 0.25) is 0 Å². The maximum absolute atomic E-state index is 12.7. The van der Waals surface area contributed by atoms with Gasteiger partial charge in [-0.2, -0.15) is 11.8 Å². The van der Waals surface area contributed by atoms with Crippen molar-refractivity contribution in [3.05, 3.63) is 30.1 Å². The number of fused-ring (bicyclic) bond motifs is 1. The summed E-state index contributed by atoms with van der Waals surface area (Å²) in [5.74, 6) is 0.312. The summed E-state index contributed by atoms with van der Waals surface area (Å²) in [4.78, 5) is 30.2. The molecule has 0 radical (unpaired) electrons. The molecular formula is C17H21N3O3S. The Morgan fingerprint density at radius 2 is 2.17 bits per heavy atom. The summed E-state index contributed by atoms with van der Waals surface area (Å²) in [6, 6.07) is 7.79. The third-order valence-electron chi connectivity index (χ3n) is 4.42. The normalized spacial score (nSPS) is 18.0. The SMILES string of the molecule is CSCc1nc2ccccc2n1CC(=O)N1CCC[C@H](C(=O)O)C1. The van der Waals surface area contributed by atoms with Crippen molar-refractivity contribution in [1.29, 1.82) is 0 Å². The highest BCUT2D eigenvalue weighted by Gasteiger charge is 2.28. The van der Waals surface area contributed by atoms with Gasteiger partial charge in [-0.1, -0.05) is 12.1 Å². The molecule has 1 N–H and O–H groups in total. The number of nitrogens with zero attached hydrogens (tertiary/aromatic N) is 3. The number of amides is 1. The van der Waals surface area contributed by atoms with E-state index in [2.05, 4.69) is 4.98 Å². The Morgan fingerprint density at radius 1 is 1.38 bits per heavy atom. The molecule has 1 saturated heterocycles. The minimum atomic E-state index is -0.816. The smallest absolute Gasteiger partial charge is 0.308 e. The number of benzene rings is 1. The number of para-hydroxylation sites is 2. The van der Waals surface area contributed by atoms with E-state index in [4.69, 9.17) is 0 Å². The molecule has 128 valence electrons. The molecule has 0 saturated carbocycles. The van der Waals surface area contributed by atoms with E-state index in [1.807, 2.05) is 35.1 Å². The molecule has 24 heavy (non-hydrogen) atoms. The fourth-order valence-corrected chi connectivity index (χ4v) is 3.66. The minimum absolute atomic E-state index is 0.0357. The maximum atomic E-state index is 12.7. The number of aromatic nitrogens is 2. The molecule has 2 heterocycles. The molecule has 0 bridgehead atoms. The molecule has 0 spiro atoms. The van der Waals surface area contributed by atoms with Crippen LogP contribution in [0.4, 0.5) is 0 Å². The zero-order valence-corrected chi connectivity index (χ0v) is 14.5. The van der Waals surface area contributed by atoms with Crippen molar-refractivity contribution in [2.45, 2.75) is 25.1 Å². The molecular weight excluding hydrogens is 326 g/mol.